The number of hydrogen-bond acceptors (Lipinski definition) is 5. The third kappa shape index (κ3) is 3.54. The Morgan fingerprint density at radius 2 is 2.10 bits per heavy atom. The van der Waals surface area contributed by atoms with E-state index in [0.717, 1.165) is 36.0 Å². The van der Waals surface area contributed by atoms with Crippen molar-refractivity contribution in [2.75, 3.05) is 36.6 Å². The van der Waals surface area contributed by atoms with Crippen LogP contribution in [0.25, 0.3) is 0 Å². The van der Waals surface area contributed by atoms with Crippen LogP contribution in [-0.2, 0) is 4.74 Å². The fourth-order valence-corrected chi connectivity index (χ4v) is 2.62. The Hall–Kier alpha value is -1.60. The summed E-state index contributed by atoms with van der Waals surface area (Å²) in [7, 11) is 3.58. The highest BCUT2D eigenvalue weighted by atomic mass is 32.1. The first-order valence-electron chi connectivity index (χ1n) is 6.81. The monoisotopic (exact) mass is 311 g/mol. The van der Waals surface area contributed by atoms with Crippen LogP contribution in [0.15, 0.2) is 18.2 Å². The number of carbonyl (C=O) groups excluding carboxylic acids is 1. The van der Waals surface area contributed by atoms with Gasteiger partial charge in [-0.3, -0.25) is 0 Å². The molecule has 1 heterocycles. The van der Waals surface area contributed by atoms with Crippen LogP contribution in [0.2, 0.25) is 0 Å². The maximum absolute atomic E-state index is 11.3. The van der Waals surface area contributed by atoms with E-state index in [4.69, 9.17) is 15.2 Å². The third-order valence-electron chi connectivity index (χ3n) is 3.75. The van der Waals surface area contributed by atoms with Gasteiger partial charge in [0.15, 0.2) is 0 Å². The van der Waals surface area contributed by atoms with Gasteiger partial charge in [0.25, 0.3) is 0 Å². The second-order valence-corrected chi connectivity index (χ2v) is 5.36. The lowest BCUT2D eigenvalue weighted by Crippen LogP contribution is -2.36. The Balaban J connectivity index is 2.27. The van der Waals surface area contributed by atoms with Gasteiger partial charge in [0.05, 0.1) is 7.11 Å². The molecule has 0 spiro atoms. The molecule has 1 fully saturated rings. The number of methoxy groups -OCH3 is 1. The number of hydrogen-bond donors (Lipinski definition) is 2. The van der Waals surface area contributed by atoms with E-state index in [-0.39, 0.29) is 0 Å². The molecule has 116 valence electrons. The Morgan fingerprint density at radius 1 is 1.43 bits per heavy atom. The molecular formula is C14H21N3O3S. The number of amides is 2. The number of urea groups is 1. The summed E-state index contributed by atoms with van der Waals surface area (Å²) < 4.78 is 11.7. The predicted molar refractivity (Wildman–Crippen MR) is 86.3 cm³/mol. The molecule has 0 unspecified atom stereocenters. The Bertz CT molecular complexity index is 506. The predicted octanol–water partition coefficient (Wildman–Crippen LogP) is 2.04. The van der Waals surface area contributed by atoms with Gasteiger partial charge < -0.3 is 20.1 Å². The summed E-state index contributed by atoms with van der Waals surface area (Å²) >= 11 is 4.12. The highest BCUT2D eigenvalue weighted by Gasteiger charge is 2.21. The van der Waals surface area contributed by atoms with Crippen molar-refractivity contribution in [3.05, 3.63) is 18.2 Å². The van der Waals surface area contributed by atoms with E-state index in [1.54, 1.807) is 7.11 Å². The number of ether oxygens (including phenoxy) is 2. The van der Waals surface area contributed by atoms with Gasteiger partial charge >= 0.3 is 6.03 Å². The normalized spacial score (nSPS) is 15.6. The first kappa shape index (κ1) is 15.8. The van der Waals surface area contributed by atoms with E-state index in [0.29, 0.717) is 17.5 Å². The average molecular weight is 311 g/mol. The van der Waals surface area contributed by atoms with Gasteiger partial charge in [-0.05, 0) is 31.0 Å². The van der Waals surface area contributed by atoms with Gasteiger partial charge in [0.2, 0.25) is 0 Å². The summed E-state index contributed by atoms with van der Waals surface area (Å²) in [5, 5.41) is 0. The fourth-order valence-electron chi connectivity index (χ4n) is 2.47. The molecule has 0 atom stereocenters. The highest BCUT2D eigenvalue weighted by Crippen LogP contribution is 2.34. The molecule has 21 heavy (non-hydrogen) atoms. The van der Waals surface area contributed by atoms with Crippen LogP contribution in [0.1, 0.15) is 12.8 Å². The minimum atomic E-state index is -0.650. The fraction of sp³-hybridized carbons (Fsp3) is 0.500. The van der Waals surface area contributed by atoms with Crippen molar-refractivity contribution in [2.24, 2.45) is 5.73 Å². The summed E-state index contributed by atoms with van der Waals surface area (Å²) in [5.74, 6) is 0.549. The minimum absolute atomic E-state index is 0.418. The molecule has 2 amide bonds. The van der Waals surface area contributed by atoms with Gasteiger partial charge in [-0.25, -0.2) is 9.10 Å². The molecule has 2 rings (SSSR count). The van der Waals surface area contributed by atoms with Crippen molar-refractivity contribution in [3.8, 4) is 5.75 Å². The van der Waals surface area contributed by atoms with Crippen molar-refractivity contribution >= 4 is 30.2 Å². The summed E-state index contributed by atoms with van der Waals surface area (Å²) in [4.78, 5) is 13.5. The van der Waals surface area contributed by atoms with Crippen LogP contribution >= 0.6 is 12.8 Å². The zero-order valence-electron chi connectivity index (χ0n) is 12.3. The van der Waals surface area contributed by atoms with Crippen LogP contribution in [0.5, 0.6) is 5.75 Å². The maximum Gasteiger partial charge on any atom is 0.329 e. The molecule has 0 saturated carbocycles. The van der Waals surface area contributed by atoms with Crippen molar-refractivity contribution < 1.29 is 14.3 Å². The number of primary amides is 1. The minimum Gasteiger partial charge on any atom is -0.495 e. The van der Waals surface area contributed by atoms with Crippen molar-refractivity contribution in [3.63, 3.8) is 0 Å². The van der Waals surface area contributed by atoms with Crippen molar-refractivity contribution in [2.45, 2.75) is 18.9 Å². The molecule has 0 aliphatic carbocycles. The van der Waals surface area contributed by atoms with E-state index in [1.807, 2.05) is 25.2 Å². The summed E-state index contributed by atoms with van der Waals surface area (Å²) in [6.07, 6.45) is 1.97. The largest absolute Gasteiger partial charge is 0.495 e. The van der Waals surface area contributed by atoms with E-state index < -0.39 is 6.03 Å². The molecule has 0 bridgehead atoms. The molecule has 1 aliphatic heterocycles. The Kier molecular flexibility index (Phi) is 5.19. The van der Waals surface area contributed by atoms with Gasteiger partial charge in [-0.1, -0.05) is 12.8 Å². The molecule has 1 aromatic carbocycles. The lowest BCUT2D eigenvalue weighted by molar-refractivity contribution is 0.0855. The van der Waals surface area contributed by atoms with E-state index in [9.17, 15) is 4.79 Å². The standard InChI is InChI=1S/C14H21N3O3S/c1-16(10-5-7-20-8-6-10)11-3-4-13(19-2)12(9-11)17(21)14(15)18/h3-4,9-10,21H,5-8H2,1-2H3,(H2,15,18). The lowest BCUT2D eigenvalue weighted by Gasteiger charge is -2.33. The zero-order chi connectivity index (χ0) is 15.4. The topological polar surface area (TPSA) is 68.0 Å². The zero-order valence-corrected chi connectivity index (χ0v) is 13.2. The van der Waals surface area contributed by atoms with Crippen LogP contribution in [0.4, 0.5) is 16.2 Å². The molecule has 1 saturated heterocycles. The highest BCUT2D eigenvalue weighted by molar-refractivity contribution is 7.82. The number of carbonyl (C=O) groups is 1. The van der Waals surface area contributed by atoms with Gasteiger partial charge in [-0.15, -0.1) is 0 Å². The number of nitrogens with zero attached hydrogens (tertiary/aromatic N) is 2. The molecule has 0 radical (unpaired) electrons. The van der Waals surface area contributed by atoms with Crippen molar-refractivity contribution in [1.29, 1.82) is 0 Å². The van der Waals surface area contributed by atoms with Crippen molar-refractivity contribution in [1.82, 2.24) is 0 Å². The van der Waals surface area contributed by atoms with E-state index in [1.165, 1.54) is 0 Å². The second kappa shape index (κ2) is 6.91. The number of thiol groups is 1. The summed E-state index contributed by atoms with van der Waals surface area (Å²) in [6, 6.07) is 5.39. The smallest absolute Gasteiger partial charge is 0.329 e. The van der Waals surface area contributed by atoms with E-state index >= 15 is 0 Å². The van der Waals surface area contributed by atoms with Crippen LogP contribution in [-0.4, -0.2) is 39.4 Å². The van der Waals surface area contributed by atoms with Gasteiger partial charge in [-0.2, -0.15) is 0 Å². The van der Waals surface area contributed by atoms with Gasteiger partial charge in [0, 0.05) is 32.0 Å². The third-order valence-corrected chi connectivity index (χ3v) is 4.16. The SMILES string of the molecule is COc1ccc(N(C)C2CCOCC2)cc1N(S)C(N)=O. The molecular weight excluding hydrogens is 290 g/mol. The number of anilines is 2. The van der Waals surface area contributed by atoms with Crippen LogP contribution in [0.3, 0.4) is 0 Å². The molecule has 0 aromatic heterocycles. The molecule has 1 aliphatic rings. The Morgan fingerprint density at radius 3 is 2.67 bits per heavy atom. The van der Waals surface area contributed by atoms with Crippen LogP contribution < -0.4 is 19.7 Å². The Labute approximate surface area is 130 Å². The maximum atomic E-state index is 11.3. The molecule has 7 heteroatoms. The first-order chi connectivity index (χ1) is 10.0. The number of nitrogens with two attached hydrogens (primary N) is 1. The molecule has 1 aromatic rings. The second-order valence-electron chi connectivity index (χ2n) is 4.96. The molecule has 6 nitrogen and oxygen atoms in total. The average Bonchev–Trinajstić information content (AvgIpc) is 2.53. The number of benzene rings is 1. The summed E-state index contributed by atoms with van der Waals surface area (Å²) in [6.45, 7) is 1.55. The summed E-state index contributed by atoms with van der Waals surface area (Å²) in [5.41, 5.74) is 6.80. The molecule has 2 N–H and O–H groups in total. The lowest BCUT2D eigenvalue weighted by atomic mass is 10.1. The van der Waals surface area contributed by atoms with Crippen LogP contribution in [0, 0.1) is 0 Å². The van der Waals surface area contributed by atoms with Gasteiger partial charge in [0.1, 0.15) is 11.4 Å². The quantitative estimate of drug-likeness (QED) is 0.835. The first-order valence-corrected chi connectivity index (χ1v) is 7.21. The number of rotatable bonds is 4. The van der Waals surface area contributed by atoms with E-state index in [2.05, 4.69) is 17.7 Å².